The summed E-state index contributed by atoms with van der Waals surface area (Å²) in [6.45, 7) is 0. The average molecular weight is 219 g/mol. The number of hydrazine groups is 1. The van der Waals surface area contributed by atoms with Crippen molar-refractivity contribution in [2.24, 2.45) is 5.84 Å². The van der Waals surface area contributed by atoms with Gasteiger partial charge in [0.05, 0.1) is 11.4 Å². The molecule has 0 unspecified atom stereocenters. The molecule has 5 nitrogen and oxygen atoms in total. The van der Waals surface area contributed by atoms with Crippen LogP contribution in [0.5, 0.6) is 0 Å². The molecule has 1 heterocycles. The minimum absolute atomic E-state index is 0.131. The van der Waals surface area contributed by atoms with Crippen LogP contribution in [0.25, 0.3) is 0 Å². The van der Waals surface area contributed by atoms with Gasteiger partial charge in [-0.05, 0) is 0 Å². The Morgan fingerprint density at radius 2 is 2.23 bits per heavy atom. The Morgan fingerprint density at radius 1 is 1.62 bits per heavy atom. The summed E-state index contributed by atoms with van der Waals surface area (Å²) in [7, 11) is 0. The molecular formula is C6H7ClN4OS. The van der Waals surface area contributed by atoms with E-state index in [0.717, 1.165) is 11.9 Å². The molecule has 13 heavy (non-hydrogen) atoms. The predicted molar refractivity (Wildman–Crippen MR) is 50.7 cm³/mol. The van der Waals surface area contributed by atoms with Gasteiger partial charge in [-0.1, -0.05) is 11.6 Å². The van der Waals surface area contributed by atoms with Crippen LogP contribution in [0.3, 0.4) is 0 Å². The van der Waals surface area contributed by atoms with Crippen molar-refractivity contribution in [3.8, 4) is 0 Å². The number of nitrogens with zero attached hydrogens (tertiary/aromatic N) is 2. The van der Waals surface area contributed by atoms with Crippen LogP contribution in [0.15, 0.2) is 12.4 Å². The summed E-state index contributed by atoms with van der Waals surface area (Å²) in [6, 6.07) is 0. The number of aromatic nitrogens is 2. The first-order valence-electron chi connectivity index (χ1n) is 3.34. The van der Waals surface area contributed by atoms with Gasteiger partial charge in [-0.15, -0.1) is 0 Å². The Bertz CT molecular complexity index is 291. The second-order valence-electron chi connectivity index (χ2n) is 2.09. The van der Waals surface area contributed by atoms with Crippen molar-refractivity contribution in [3.63, 3.8) is 0 Å². The third kappa shape index (κ3) is 3.69. The molecule has 0 saturated carbocycles. The molecule has 0 aliphatic carbocycles. The molecule has 0 fully saturated rings. The van der Waals surface area contributed by atoms with Crippen LogP contribution in [-0.2, 0) is 11.2 Å². The normalized spacial score (nSPS) is 10.0. The monoisotopic (exact) mass is 218 g/mol. The molecule has 0 spiro atoms. The Morgan fingerprint density at radius 3 is 2.77 bits per heavy atom. The largest absolute Gasteiger partial charge is 0.285 e. The van der Waals surface area contributed by atoms with Crippen molar-refractivity contribution < 1.29 is 4.79 Å². The zero-order valence-electron chi connectivity index (χ0n) is 6.53. The summed E-state index contributed by atoms with van der Waals surface area (Å²) in [4.78, 5) is 20.9. The highest BCUT2D eigenvalue weighted by molar-refractivity contribution is 8.11. The van der Waals surface area contributed by atoms with E-state index < -0.39 is 0 Å². The highest BCUT2D eigenvalue weighted by Crippen LogP contribution is 2.05. The van der Waals surface area contributed by atoms with Crippen molar-refractivity contribution in [1.29, 1.82) is 0 Å². The summed E-state index contributed by atoms with van der Waals surface area (Å²) in [6.07, 6.45) is 3.02. The summed E-state index contributed by atoms with van der Waals surface area (Å²) < 4.78 is 0. The van der Waals surface area contributed by atoms with Crippen molar-refractivity contribution in [3.05, 3.63) is 23.2 Å². The summed E-state index contributed by atoms with van der Waals surface area (Å²) in [5, 5.41) is 0.297. The molecule has 0 radical (unpaired) electrons. The molecule has 3 N–H and O–H groups in total. The number of hydrogen-bond acceptors (Lipinski definition) is 6. The standard InChI is InChI=1S/C6H7ClN4OS/c7-4-2-9-5(10-3-4)1-6(12)13-11-8/h2-3,11H,1,8H2. The van der Waals surface area contributed by atoms with Crippen LogP contribution >= 0.6 is 23.5 Å². The lowest BCUT2D eigenvalue weighted by atomic mass is 10.4. The number of hydrogen-bond donors (Lipinski definition) is 2. The van der Waals surface area contributed by atoms with Crippen LogP contribution in [0, 0.1) is 0 Å². The molecule has 0 atom stereocenters. The first-order valence-corrected chi connectivity index (χ1v) is 4.53. The van der Waals surface area contributed by atoms with Crippen LogP contribution in [0.1, 0.15) is 5.82 Å². The molecule has 0 saturated heterocycles. The van der Waals surface area contributed by atoms with Gasteiger partial charge in [0.2, 0.25) is 5.12 Å². The van der Waals surface area contributed by atoms with E-state index in [1.165, 1.54) is 12.4 Å². The Kier molecular flexibility index (Phi) is 4.10. The summed E-state index contributed by atoms with van der Waals surface area (Å²) in [5.41, 5.74) is 0. The Hall–Kier alpha value is -0.690. The zero-order chi connectivity index (χ0) is 9.68. The molecule has 0 bridgehead atoms. The highest BCUT2D eigenvalue weighted by atomic mass is 35.5. The second kappa shape index (κ2) is 5.13. The number of nitrogens with two attached hydrogens (primary N) is 1. The smallest absolute Gasteiger partial charge is 0.212 e. The summed E-state index contributed by atoms with van der Waals surface area (Å²) >= 11 is 6.37. The van der Waals surface area contributed by atoms with E-state index in [-0.39, 0.29) is 11.5 Å². The number of carbonyl (C=O) groups excluding carboxylic acids is 1. The Balaban J connectivity index is 2.54. The van der Waals surface area contributed by atoms with Crippen LogP contribution in [0.4, 0.5) is 0 Å². The van der Waals surface area contributed by atoms with E-state index in [1.54, 1.807) is 0 Å². The van der Waals surface area contributed by atoms with E-state index in [1.807, 2.05) is 0 Å². The fraction of sp³-hybridized carbons (Fsp3) is 0.167. The third-order valence-corrected chi connectivity index (χ3v) is 1.83. The van der Waals surface area contributed by atoms with Crippen LogP contribution in [0.2, 0.25) is 5.02 Å². The number of halogens is 1. The first kappa shape index (κ1) is 10.4. The fourth-order valence-electron chi connectivity index (χ4n) is 0.661. The Labute approximate surface area is 84.2 Å². The van der Waals surface area contributed by atoms with E-state index in [2.05, 4.69) is 14.8 Å². The maximum Gasteiger partial charge on any atom is 0.212 e. The van der Waals surface area contributed by atoms with Gasteiger partial charge < -0.3 is 0 Å². The number of nitrogens with one attached hydrogen (secondary N) is 1. The zero-order valence-corrected chi connectivity index (χ0v) is 8.10. The molecule has 1 aromatic heterocycles. The fourth-order valence-corrected chi connectivity index (χ4v) is 1.09. The second-order valence-corrected chi connectivity index (χ2v) is 3.42. The first-order chi connectivity index (χ1) is 6.22. The molecule has 1 aromatic rings. The topological polar surface area (TPSA) is 80.9 Å². The maximum absolute atomic E-state index is 11.0. The molecule has 70 valence electrons. The van der Waals surface area contributed by atoms with E-state index in [9.17, 15) is 4.79 Å². The molecule has 0 aliphatic rings. The van der Waals surface area contributed by atoms with Gasteiger partial charge in [-0.2, -0.15) is 4.83 Å². The quantitative estimate of drug-likeness (QED) is 0.432. The van der Waals surface area contributed by atoms with Gasteiger partial charge in [0.15, 0.2) is 0 Å². The van der Waals surface area contributed by atoms with Crippen molar-refractivity contribution >= 4 is 28.7 Å². The minimum Gasteiger partial charge on any atom is -0.285 e. The third-order valence-electron chi connectivity index (χ3n) is 1.15. The molecule has 1 rings (SSSR count). The lowest BCUT2D eigenvalue weighted by Crippen LogP contribution is -2.16. The molecule has 0 amide bonds. The number of rotatable bonds is 3. The van der Waals surface area contributed by atoms with Crippen molar-refractivity contribution in [2.45, 2.75) is 6.42 Å². The van der Waals surface area contributed by atoms with Crippen molar-refractivity contribution in [1.82, 2.24) is 14.8 Å². The molecular weight excluding hydrogens is 212 g/mol. The van der Waals surface area contributed by atoms with Gasteiger partial charge in [-0.3, -0.25) is 10.6 Å². The van der Waals surface area contributed by atoms with Gasteiger partial charge >= 0.3 is 0 Å². The lowest BCUT2D eigenvalue weighted by molar-refractivity contribution is -0.110. The minimum atomic E-state index is -0.148. The van der Waals surface area contributed by atoms with Gasteiger partial charge in [0, 0.05) is 24.3 Å². The lowest BCUT2D eigenvalue weighted by Gasteiger charge is -1.97. The van der Waals surface area contributed by atoms with E-state index in [4.69, 9.17) is 17.4 Å². The SMILES string of the molecule is NNSC(=O)Cc1ncc(Cl)cn1. The predicted octanol–water partition coefficient (Wildman–Crippen LogP) is 0.311. The van der Waals surface area contributed by atoms with E-state index in [0.29, 0.717) is 10.8 Å². The van der Waals surface area contributed by atoms with E-state index >= 15 is 0 Å². The van der Waals surface area contributed by atoms with Crippen LogP contribution in [-0.4, -0.2) is 15.1 Å². The van der Waals surface area contributed by atoms with Crippen LogP contribution < -0.4 is 10.7 Å². The van der Waals surface area contributed by atoms with Gasteiger partial charge in [0.1, 0.15) is 5.82 Å². The number of carbonyl (C=O) groups is 1. The maximum atomic E-state index is 11.0. The molecule has 7 heteroatoms. The molecule has 0 aromatic carbocycles. The van der Waals surface area contributed by atoms with Gasteiger partial charge in [0.25, 0.3) is 0 Å². The summed E-state index contributed by atoms with van der Waals surface area (Å²) in [5.74, 6) is 5.37. The average Bonchev–Trinajstić information content (AvgIpc) is 2.09. The van der Waals surface area contributed by atoms with Gasteiger partial charge in [-0.25, -0.2) is 9.97 Å². The highest BCUT2D eigenvalue weighted by Gasteiger charge is 2.05. The van der Waals surface area contributed by atoms with Crippen molar-refractivity contribution in [2.75, 3.05) is 0 Å². The molecule has 0 aliphatic heterocycles.